The van der Waals surface area contributed by atoms with Gasteiger partial charge in [-0.2, -0.15) is 0 Å². The lowest BCUT2D eigenvalue weighted by molar-refractivity contribution is -0.141. The molecule has 0 aliphatic rings. The van der Waals surface area contributed by atoms with Crippen LogP contribution in [-0.2, 0) is 15.1 Å². The highest BCUT2D eigenvalue weighted by Gasteiger charge is 2.25. The maximum atomic E-state index is 11.2. The van der Waals surface area contributed by atoms with Crippen molar-refractivity contribution in [3.63, 3.8) is 0 Å². The molecule has 1 atom stereocenters. The molecule has 0 bridgehead atoms. The maximum absolute atomic E-state index is 11.2. The Kier molecular flexibility index (Phi) is 5.99. The van der Waals surface area contributed by atoms with Crippen LogP contribution >= 0.6 is 12.4 Å². The Hall–Kier alpha value is -1.26. The second-order valence-corrected chi connectivity index (χ2v) is 3.90. The normalized spacial score (nSPS) is 13.2. The summed E-state index contributed by atoms with van der Waals surface area (Å²) in [6, 6.07) is 7.36. The minimum Gasteiger partial charge on any atom is -0.497 e. The maximum Gasteiger partial charge on any atom is 0.307 e. The lowest BCUT2D eigenvalue weighted by Crippen LogP contribution is -2.35. The van der Waals surface area contributed by atoms with Gasteiger partial charge >= 0.3 is 5.97 Å². The summed E-state index contributed by atoms with van der Waals surface area (Å²) in [6.07, 6.45) is 0.136. The second kappa shape index (κ2) is 6.47. The highest BCUT2D eigenvalue weighted by atomic mass is 35.5. The molecule has 1 aromatic carbocycles. The molecular weight excluding hydrogens is 242 g/mol. The van der Waals surface area contributed by atoms with E-state index >= 15 is 0 Å². The van der Waals surface area contributed by atoms with E-state index in [9.17, 15) is 4.79 Å². The first-order valence-corrected chi connectivity index (χ1v) is 5.00. The summed E-state index contributed by atoms with van der Waals surface area (Å²) < 4.78 is 9.72. The van der Waals surface area contributed by atoms with E-state index in [0.717, 1.165) is 11.3 Å². The Balaban J connectivity index is 0.00000256. The van der Waals surface area contributed by atoms with Gasteiger partial charge in [-0.3, -0.25) is 4.79 Å². The first-order valence-electron chi connectivity index (χ1n) is 5.00. The van der Waals surface area contributed by atoms with Crippen molar-refractivity contribution in [2.45, 2.75) is 18.9 Å². The molecule has 5 heteroatoms. The zero-order chi connectivity index (χ0) is 12.2. The van der Waals surface area contributed by atoms with E-state index in [-0.39, 0.29) is 24.8 Å². The number of esters is 1. The van der Waals surface area contributed by atoms with E-state index in [1.54, 1.807) is 14.0 Å². The molecule has 0 saturated heterocycles. The number of rotatable bonds is 4. The number of nitrogens with two attached hydrogens (primary N) is 1. The Labute approximate surface area is 108 Å². The topological polar surface area (TPSA) is 61.5 Å². The molecule has 1 unspecified atom stereocenters. The third kappa shape index (κ3) is 4.24. The fraction of sp³-hybridized carbons (Fsp3) is 0.417. The number of carbonyl (C=O) groups is 1. The minimum absolute atomic E-state index is 0. The summed E-state index contributed by atoms with van der Waals surface area (Å²) in [6.45, 7) is 1.79. The number of carbonyl (C=O) groups excluding carboxylic acids is 1. The van der Waals surface area contributed by atoms with Crippen molar-refractivity contribution in [2.24, 2.45) is 5.73 Å². The van der Waals surface area contributed by atoms with E-state index < -0.39 is 5.54 Å². The lowest BCUT2D eigenvalue weighted by atomic mass is 9.90. The van der Waals surface area contributed by atoms with Crippen molar-refractivity contribution in [1.82, 2.24) is 0 Å². The van der Waals surface area contributed by atoms with E-state index in [2.05, 4.69) is 4.74 Å². The van der Waals surface area contributed by atoms with Gasteiger partial charge in [-0.1, -0.05) is 12.1 Å². The summed E-state index contributed by atoms with van der Waals surface area (Å²) >= 11 is 0. The molecule has 0 saturated carbocycles. The predicted molar refractivity (Wildman–Crippen MR) is 68.4 cm³/mol. The molecule has 0 aromatic heterocycles. The Morgan fingerprint density at radius 2 is 2.06 bits per heavy atom. The smallest absolute Gasteiger partial charge is 0.307 e. The number of ether oxygens (including phenoxy) is 2. The molecule has 0 heterocycles. The molecule has 1 aromatic rings. The molecule has 4 nitrogen and oxygen atoms in total. The average molecular weight is 260 g/mol. The molecule has 0 aliphatic heterocycles. The number of benzene rings is 1. The minimum atomic E-state index is -0.748. The van der Waals surface area contributed by atoms with Crippen molar-refractivity contribution in [3.8, 4) is 5.75 Å². The Morgan fingerprint density at radius 3 is 2.59 bits per heavy atom. The molecule has 96 valence electrons. The summed E-state index contributed by atoms with van der Waals surface area (Å²) in [7, 11) is 2.94. The van der Waals surface area contributed by atoms with Gasteiger partial charge in [0.15, 0.2) is 0 Å². The van der Waals surface area contributed by atoms with Gasteiger partial charge in [0.25, 0.3) is 0 Å². The highest BCUT2D eigenvalue weighted by Crippen LogP contribution is 2.25. The largest absolute Gasteiger partial charge is 0.497 e. The Morgan fingerprint density at radius 1 is 1.41 bits per heavy atom. The third-order valence-corrected chi connectivity index (χ3v) is 2.47. The third-order valence-electron chi connectivity index (χ3n) is 2.47. The lowest BCUT2D eigenvalue weighted by Gasteiger charge is -2.24. The van der Waals surface area contributed by atoms with Crippen LogP contribution in [0.2, 0.25) is 0 Å². The zero-order valence-corrected chi connectivity index (χ0v) is 11.0. The van der Waals surface area contributed by atoms with Crippen LogP contribution in [0.1, 0.15) is 18.9 Å². The summed E-state index contributed by atoms with van der Waals surface area (Å²) in [4.78, 5) is 11.2. The fourth-order valence-corrected chi connectivity index (χ4v) is 1.45. The average Bonchev–Trinajstić information content (AvgIpc) is 2.28. The number of hydrogen-bond donors (Lipinski definition) is 1. The molecule has 0 amide bonds. The van der Waals surface area contributed by atoms with Crippen LogP contribution in [0.4, 0.5) is 0 Å². The molecule has 2 N–H and O–H groups in total. The predicted octanol–water partition coefficient (Wildman–Crippen LogP) is 1.85. The van der Waals surface area contributed by atoms with Gasteiger partial charge < -0.3 is 15.2 Å². The molecule has 0 spiro atoms. The van der Waals surface area contributed by atoms with Crippen molar-refractivity contribution in [1.29, 1.82) is 0 Å². The summed E-state index contributed by atoms with van der Waals surface area (Å²) in [5, 5.41) is 0. The van der Waals surface area contributed by atoms with Crippen LogP contribution in [0.5, 0.6) is 5.75 Å². The van der Waals surface area contributed by atoms with Gasteiger partial charge in [0.2, 0.25) is 0 Å². The monoisotopic (exact) mass is 259 g/mol. The number of halogens is 1. The van der Waals surface area contributed by atoms with Crippen molar-refractivity contribution >= 4 is 18.4 Å². The van der Waals surface area contributed by atoms with Crippen molar-refractivity contribution < 1.29 is 14.3 Å². The first-order chi connectivity index (χ1) is 7.49. The Bertz CT molecular complexity index is 380. The molecule has 17 heavy (non-hydrogen) atoms. The summed E-state index contributed by atoms with van der Waals surface area (Å²) in [5.41, 5.74) is 6.18. The van der Waals surface area contributed by atoms with Crippen LogP contribution in [0.15, 0.2) is 24.3 Å². The number of hydrogen-bond acceptors (Lipinski definition) is 4. The van der Waals surface area contributed by atoms with Crippen LogP contribution in [0, 0.1) is 0 Å². The van der Waals surface area contributed by atoms with E-state index in [1.165, 1.54) is 7.11 Å². The van der Waals surface area contributed by atoms with Gasteiger partial charge in [-0.15, -0.1) is 12.4 Å². The summed E-state index contributed by atoms with van der Waals surface area (Å²) in [5.74, 6) is 0.395. The fourth-order valence-electron chi connectivity index (χ4n) is 1.45. The van der Waals surface area contributed by atoms with Crippen LogP contribution < -0.4 is 10.5 Å². The molecule has 0 radical (unpaired) electrons. The quantitative estimate of drug-likeness (QED) is 0.839. The van der Waals surface area contributed by atoms with Crippen molar-refractivity contribution in [3.05, 3.63) is 29.8 Å². The van der Waals surface area contributed by atoms with Gasteiger partial charge in [-0.05, 0) is 24.6 Å². The molecule has 1 rings (SSSR count). The van der Waals surface area contributed by atoms with Gasteiger partial charge in [0, 0.05) is 5.54 Å². The zero-order valence-electron chi connectivity index (χ0n) is 10.2. The van der Waals surface area contributed by atoms with E-state index in [4.69, 9.17) is 10.5 Å². The molecule has 0 fully saturated rings. The number of methoxy groups -OCH3 is 2. The van der Waals surface area contributed by atoms with Crippen LogP contribution in [-0.4, -0.2) is 20.2 Å². The standard InChI is InChI=1S/C12H17NO3.ClH/c1-12(13,8-11(14)16-3)9-5-4-6-10(7-9)15-2;/h4-7H,8,13H2,1-3H3;1H. The van der Waals surface area contributed by atoms with Gasteiger partial charge in [-0.25, -0.2) is 0 Å². The van der Waals surface area contributed by atoms with E-state index in [1.807, 2.05) is 24.3 Å². The van der Waals surface area contributed by atoms with Gasteiger partial charge in [0.1, 0.15) is 5.75 Å². The van der Waals surface area contributed by atoms with Gasteiger partial charge in [0.05, 0.1) is 20.6 Å². The molecular formula is C12H18ClNO3. The van der Waals surface area contributed by atoms with E-state index in [0.29, 0.717) is 0 Å². The second-order valence-electron chi connectivity index (χ2n) is 3.90. The first kappa shape index (κ1) is 15.7. The highest BCUT2D eigenvalue weighted by molar-refractivity contribution is 5.85. The SMILES string of the molecule is COC(=O)CC(C)(N)c1cccc(OC)c1.Cl. The van der Waals surface area contributed by atoms with Crippen LogP contribution in [0.3, 0.4) is 0 Å². The van der Waals surface area contributed by atoms with Crippen LogP contribution in [0.25, 0.3) is 0 Å². The van der Waals surface area contributed by atoms with Crippen molar-refractivity contribution in [2.75, 3.05) is 14.2 Å². The molecule has 0 aliphatic carbocycles.